The molecule has 10 heteroatoms. The van der Waals surface area contributed by atoms with Gasteiger partial charge in [0, 0.05) is 0 Å². The molecule has 0 amide bonds. The zero-order valence-electron chi connectivity index (χ0n) is 8.42. The summed E-state index contributed by atoms with van der Waals surface area (Å²) in [4.78, 5) is 26.1. The number of phenols is 1. The maximum Gasteiger partial charge on any atom is 0.361 e. The van der Waals surface area contributed by atoms with Crippen LogP contribution >= 0.6 is 15.2 Å². The minimum Gasteiger partial charge on any atom is -0.508 e. The van der Waals surface area contributed by atoms with E-state index < -0.39 is 21.1 Å². The average Bonchev–Trinajstić information content (AvgIpc) is 2.13. The van der Waals surface area contributed by atoms with Gasteiger partial charge < -0.3 is 19.8 Å². The van der Waals surface area contributed by atoms with Crippen molar-refractivity contribution in [3.63, 3.8) is 0 Å². The molecule has 8 nitrogen and oxygen atoms in total. The van der Waals surface area contributed by atoms with E-state index in [2.05, 4.69) is 10.1 Å². The van der Waals surface area contributed by atoms with E-state index in [-0.39, 0.29) is 11.4 Å². The van der Waals surface area contributed by atoms with Gasteiger partial charge in [0.05, 0.1) is 5.69 Å². The van der Waals surface area contributed by atoms with Gasteiger partial charge in [-0.25, -0.2) is 0 Å². The van der Waals surface area contributed by atoms with Crippen molar-refractivity contribution >= 4 is 20.9 Å². The number of rotatable bonds is 5. The molecule has 0 aliphatic rings. The molecule has 0 saturated heterocycles. The molecule has 1 aromatic rings. The number of aromatic hydroxyl groups is 1. The summed E-state index contributed by atoms with van der Waals surface area (Å²) < 4.78 is 26.0. The fraction of sp³-hybridized carbons (Fsp3) is 0.143. The third kappa shape index (κ3) is 5.83. The SMILES string of the molecule is O=P(O)(O)CP(=O)(O)ONc1ccc(O)cc1. The fourth-order valence-electron chi connectivity index (χ4n) is 0.915. The normalized spacial score (nSPS) is 15.2. The smallest absolute Gasteiger partial charge is 0.361 e. The maximum absolute atomic E-state index is 11.2. The first-order valence-corrected chi connectivity index (χ1v) is 7.84. The molecular formula is C7H11NO7P2. The summed E-state index contributed by atoms with van der Waals surface area (Å²) in [6.45, 7) is 0. The first-order valence-electron chi connectivity index (χ1n) is 4.28. The Morgan fingerprint density at radius 2 is 1.65 bits per heavy atom. The minimum atomic E-state index is -4.63. The van der Waals surface area contributed by atoms with Gasteiger partial charge in [0.15, 0.2) is 5.90 Å². The summed E-state index contributed by atoms with van der Waals surface area (Å²) in [7, 11) is -9.06. The predicted molar refractivity (Wildman–Crippen MR) is 59.6 cm³/mol. The number of benzene rings is 1. The summed E-state index contributed by atoms with van der Waals surface area (Å²) in [5, 5.41) is 8.96. The molecular weight excluding hydrogens is 272 g/mol. The van der Waals surface area contributed by atoms with Crippen LogP contribution in [0.5, 0.6) is 5.75 Å². The van der Waals surface area contributed by atoms with Gasteiger partial charge in [0.25, 0.3) is 0 Å². The molecule has 0 saturated carbocycles. The highest BCUT2D eigenvalue weighted by Gasteiger charge is 2.31. The quantitative estimate of drug-likeness (QED) is 0.307. The Kier molecular flexibility index (Phi) is 4.32. The Morgan fingerprint density at radius 3 is 2.12 bits per heavy atom. The van der Waals surface area contributed by atoms with E-state index in [1.807, 2.05) is 0 Å². The van der Waals surface area contributed by atoms with Crippen LogP contribution in [0.15, 0.2) is 24.3 Å². The predicted octanol–water partition coefficient (Wildman–Crippen LogP) is 1.06. The summed E-state index contributed by atoms with van der Waals surface area (Å²) in [5.41, 5.74) is 2.32. The average molecular weight is 283 g/mol. The summed E-state index contributed by atoms with van der Waals surface area (Å²) in [6, 6.07) is 5.31. The van der Waals surface area contributed by atoms with Crippen LogP contribution in [-0.4, -0.2) is 25.7 Å². The Balaban J connectivity index is 2.58. The van der Waals surface area contributed by atoms with Crippen molar-refractivity contribution in [1.82, 2.24) is 0 Å². The molecule has 17 heavy (non-hydrogen) atoms. The van der Waals surface area contributed by atoms with Crippen LogP contribution < -0.4 is 5.48 Å². The van der Waals surface area contributed by atoms with Crippen molar-refractivity contribution in [1.29, 1.82) is 0 Å². The monoisotopic (exact) mass is 283 g/mol. The van der Waals surface area contributed by atoms with Crippen molar-refractivity contribution in [2.24, 2.45) is 0 Å². The lowest BCUT2D eigenvalue weighted by Gasteiger charge is -2.13. The largest absolute Gasteiger partial charge is 0.508 e. The molecule has 0 aromatic heterocycles. The molecule has 0 aliphatic heterocycles. The van der Waals surface area contributed by atoms with E-state index in [9.17, 15) is 9.13 Å². The van der Waals surface area contributed by atoms with Crippen LogP contribution in [0.3, 0.4) is 0 Å². The lowest BCUT2D eigenvalue weighted by Crippen LogP contribution is -2.02. The third-order valence-corrected chi connectivity index (χ3v) is 4.82. The zero-order chi connectivity index (χ0) is 13.1. The summed E-state index contributed by atoms with van der Waals surface area (Å²) in [5.74, 6) is -1.27. The molecule has 96 valence electrons. The van der Waals surface area contributed by atoms with Gasteiger partial charge in [-0.05, 0) is 24.3 Å². The second kappa shape index (κ2) is 5.18. The topological polar surface area (TPSA) is 136 Å². The summed E-state index contributed by atoms with van der Waals surface area (Å²) >= 11 is 0. The minimum absolute atomic E-state index is 0.00190. The Labute approximate surface area is 96.5 Å². The lowest BCUT2D eigenvalue weighted by molar-refractivity contribution is 0.310. The molecule has 0 heterocycles. The molecule has 1 unspecified atom stereocenters. The highest BCUT2D eigenvalue weighted by atomic mass is 31.2. The fourth-order valence-corrected chi connectivity index (χ4v) is 3.26. The highest BCUT2D eigenvalue weighted by molar-refractivity contribution is 7.70. The highest BCUT2D eigenvalue weighted by Crippen LogP contribution is 2.55. The molecule has 1 rings (SSSR count). The maximum atomic E-state index is 11.2. The van der Waals surface area contributed by atoms with Gasteiger partial charge in [-0.15, -0.1) is 0 Å². The Morgan fingerprint density at radius 1 is 1.12 bits per heavy atom. The molecule has 0 aliphatic carbocycles. The first kappa shape index (κ1) is 14.2. The van der Waals surface area contributed by atoms with Gasteiger partial charge in [-0.1, -0.05) is 0 Å². The lowest BCUT2D eigenvalue weighted by atomic mass is 10.3. The Hall–Kier alpha value is -0.880. The number of anilines is 1. The molecule has 1 atom stereocenters. The number of hydrogen-bond acceptors (Lipinski definition) is 5. The van der Waals surface area contributed by atoms with Gasteiger partial charge >= 0.3 is 15.2 Å². The molecule has 5 N–H and O–H groups in total. The van der Waals surface area contributed by atoms with Crippen molar-refractivity contribution < 1.29 is 33.5 Å². The molecule has 0 radical (unpaired) electrons. The molecule has 1 aromatic carbocycles. The van der Waals surface area contributed by atoms with Crippen LogP contribution in [0, 0.1) is 0 Å². The van der Waals surface area contributed by atoms with E-state index in [4.69, 9.17) is 19.8 Å². The molecule has 0 fully saturated rings. The summed E-state index contributed by atoms with van der Waals surface area (Å²) in [6.07, 6.45) is 0. The van der Waals surface area contributed by atoms with Gasteiger partial charge in [0.1, 0.15) is 5.75 Å². The van der Waals surface area contributed by atoms with E-state index in [0.29, 0.717) is 0 Å². The van der Waals surface area contributed by atoms with Crippen LogP contribution in [0.1, 0.15) is 0 Å². The first-order chi connectivity index (χ1) is 7.68. The Bertz CT molecular complexity index is 468. The van der Waals surface area contributed by atoms with Crippen molar-refractivity contribution in [3.05, 3.63) is 24.3 Å². The number of nitrogens with one attached hydrogen (secondary N) is 1. The molecule has 0 bridgehead atoms. The second-order valence-electron chi connectivity index (χ2n) is 3.18. The van der Waals surface area contributed by atoms with Crippen LogP contribution in [0.4, 0.5) is 5.69 Å². The molecule has 0 spiro atoms. The zero-order valence-corrected chi connectivity index (χ0v) is 10.2. The van der Waals surface area contributed by atoms with E-state index in [1.165, 1.54) is 24.3 Å². The van der Waals surface area contributed by atoms with Gasteiger partial charge in [-0.3, -0.25) is 14.6 Å². The van der Waals surface area contributed by atoms with Crippen LogP contribution in [0.2, 0.25) is 0 Å². The second-order valence-corrected chi connectivity index (χ2v) is 7.10. The van der Waals surface area contributed by atoms with E-state index in [0.717, 1.165) is 0 Å². The van der Waals surface area contributed by atoms with Crippen molar-refractivity contribution in [2.75, 3.05) is 11.4 Å². The van der Waals surface area contributed by atoms with E-state index >= 15 is 0 Å². The van der Waals surface area contributed by atoms with Crippen molar-refractivity contribution in [3.8, 4) is 5.75 Å². The number of phenolic OH excluding ortho intramolecular Hbond substituents is 1. The number of hydrogen-bond donors (Lipinski definition) is 5. The van der Waals surface area contributed by atoms with E-state index in [1.54, 1.807) is 0 Å². The standard InChI is InChI=1S/C7H11NO7P2/c9-7-3-1-6(2-4-7)8-15-17(13,14)5-16(10,11)12/h1-4,8-9H,5H2,(H,13,14)(H2,10,11,12). The van der Waals surface area contributed by atoms with Crippen molar-refractivity contribution in [2.45, 2.75) is 0 Å². The van der Waals surface area contributed by atoms with Gasteiger partial charge in [0.2, 0.25) is 0 Å². The van der Waals surface area contributed by atoms with Crippen LogP contribution in [0.25, 0.3) is 0 Å². The van der Waals surface area contributed by atoms with Gasteiger partial charge in [-0.2, -0.15) is 4.62 Å². The van der Waals surface area contributed by atoms with Crippen LogP contribution in [-0.2, 0) is 13.8 Å². The third-order valence-electron chi connectivity index (χ3n) is 1.54.